The molecule has 0 bridgehead atoms. The molecule has 3 heteroatoms. The van der Waals surface area contributed by atoms with Crippen molar-refractivity contribution in [1.29, 1.82) is 0 Å². The Morgan fingerprint density at radius 3 is 2.81 bits per heavy atom. The second kappa shape index (κ2) is 4.66. The van der Waals surface area contributed by atoms with E-state index in [1.165, 1.54) is 0 Å². The Morgan fingerprint density at radius 2 is 2.12 bits per heavy atom. The second-order valence-electron chi connectivity index (χ2n) is 3.36. The predicted octanol–water partition coefficient (Wildman–Crippen LogP) is 2.64. The summed E-state index contributed by atoms with van der Waals surface area (Å²) >= 11 is 0. The molecule has 16 heavy (non-hydrogen) atoms. The van der Waals surface area contributed by atoms with Crippen LogP contribution in [0.25, 0.3) is 0 Å². The summed E-state index contributed by atoms with van der Waals surface area (Å²) in [4.78, 5) is 15.0. The topological polar surface area (TPSA) is 42.1 Å². The summed E-state index contributed by atoms with van der Waals surface area (Å²) in [6.07, 6.45) is 3.42. The third-order valence-electron chi connectivity index (χ3n) is 2.29. The van der Waals surface area contributed by atoms with Crippen LogP contribution in [0.3, 0.4) is 0 Å². The molecule has 1 heterocycles. The van der Waals surface area contributed by atoms with Gasteiger partial charge < -0.3 is 9.72 Å². The van der Waals surface area contributed by atoms with Crippen molar-refractivity contribution >= 4 is 5.78 Å². The SMILES string of the molecule is CCOc1ccccc1C(=O)c1cc[nH]c1. The van der Waals surface area contributed by atoms with Crippen molar-refractivity contribution in [2.24, 2.45) is 0 Å². The smallest absolute Gasteiger partial charge is 0.198 e. The summed E-state index contributed by atoms with van der Waals surface area (Å²) in [7, 11) is 0. The molecule has 0 saturated heterocycles. The molecule has 0 aliphatic carbocycles. The fourth-order valence-electron chi connectivity index (χ4n) is 1.56. The molecule has 1 aromatic carbocycles. The minimum atomic E-state index is -0.0229. The van der Waals surface area contributed by atoms with Gasteiger partial charge in [-0.25, -0.2) is 0 Å². The monoisotopic (exact) mass is 215 g/mol. The van der Waals surface area contributed by atoms with Crippen molar-refractivity contribution in [3.05, 3.63) is 53.9 Å². The first kappa shape index (κ1) is 10.5. The summed E-state index contributed by atoms with van der Waals surface area (Å²) in [5.41, 5.74) is 1.25. The highest BCUT2D eigenvalue weighted by Crippen LogP contribution is 2.21. The van der Waals surface area contributed by atoms with E-state index >= 15 is 0 Å². The largest absolute Gasteiger partial charge is 0.493 e. The van der Waals surface area contributed by atoms with Gasteiger partial charge in [0.2, 0.25) is 0 Å². The fourth-order valence-corrected chi connectivity index (χ4v) is 1.56. The van der Waals surface area contributed by atoms with Gasteiger partial charge in [0.1, 0.15) is 5.75 Å². The van der Waals surface area contributed by atoms with Gasteiger partial charge in [0, 0.05) is 18.0 Å². The zero-order valence-electron chi connectivity index (χ0n) is 9.07. The minimum Gasteiger partial charge on any atom is -0.493 e. The summed E-state index contributed by atoms with van der Waals surface area (Å²) in [5.74, 6) is 0.613. The number of ether oxygens (including phenoxy) is 1. The Bertz CT molecular complexity index is 474. The number of para-hydroxylation sites is 1. The molecule has 1 N–H and O–H groups in total. The molecule has 0 spiro atoms. The van der Waals surface area contributed by atoms with Crippen LogP contribution in [0.15, 0.2) is 42.7 Å². The predicted molar refractivity (Wildman–Crippen MR) is 61.8 cm³/mol. The van der Waals surface area contributed by atoms with Crippen LogP contribution in [-0.4, -0.2) is 17.4 Å². The molecule has 2 rings (SSSR count). The number of rotatable bonds is 4. The maximum atomic E-state index is 12.1. The van der Waals surface area contributed by atoms with Crippen molar-refractivity contribution in [2.45, 2.75) is 6.92 Å². The molecule has 1 aromatic heterocycles. The normalized spacial score (nSPS) is 10.1. The number of ketones is 1. The molecule has 0 radical (unpaired) electrons. The Morgan fingerprint density at radius 1 is 1.31 bits per heavy atom. The summed E-state index contributed by atoms with van der Waals surface area (Å²) in [5, 5.41) is 0. The molecular weight excluding hydrogens is 202 g/mol. The average molecular weight is 215 g/mol. The first-order valence-corrected chi connectivity index (χ1v) is 5.22. The van der Waals surface area contributed by atoms with Crippen LogP contribution >= 0.6 is 0 Å². The summed E-state index contributed by atoms with van der Waals surface area (Å²) in [6, 6.07) is 9.04. The van der Waals surface area contributed by atoms with Crippen LogP contribution in [0.1, 0.15) is 22.8 Å². The molecular formula is C13H13NO2. The van der Waals surface area contributed by atoms with E-state index in [1.54, 1.807) is 24.5 Å². The first-order valence-electron chi connectivity index (χ1n) is 5.22. The molecule has 0 fully saturated rings. The van der Waals surface area contributed by atoms with Crippen molar-refractivity contribution in [1.82, 2.24) is 4.98 Å². The van der Waals surface area contributed by atoms with E-state index in [0.717, 1.165) is 0 Å². The number of nitrogens with one attached hydrogen (secondary N) is 1. The van der Waals surface area contributed by atoms with Crippen LogP contribution < -0.4 is 4.74 Å². The van der Waals surface area contributed by atoms with Gasteiger partial charge >= 0.3 is 0 Å². The van der Waals surface area contributed by atoms with Crippen LogP contribution in [0.5, 0.6) is 5.75 Å². The van der Waals surface area contributed by atoms with Crippen LogP contribution in [0.4, 0.5) is 0 Å². The van der Waals surface area contributed by atoms with Crippen molar-refractivity contribution in [3.8, 4) is 5.75 Å². The molecule has 82 valence electrons. The summed E-state index contributed by atoms with van der Waals surface area (Å²) in [6.45, 7) is 2.45. The van der Waals surface area contributed by atoms with Crippen LogP contribution in [0.2, 0.25) is 0 Å². The second-order valence-corrected chi connectivity index (χ2v) is 3.36. The first-order chi connectivity index (χ1) is 7.83. The standard InChI is InChI=1S/C13H13NO2/c1-2-16-12-6-4-3-5-11(12)13(15)10-7-8-14-9-10/h3-9,14H,2H2,1H3. The Balaban J connectivity index is 2.36. The maximum Gasteiger partial charge on any atom is 0.198 e. The van der Waals surface area contributed by atoms with Crippen LogP contribution in [-0.2, 0) is 0 Å². The highest BCUT2D eigenvalue weighted by atomic mass is 16.5. The lowest BCUT2D eigenvalue weighted by Crippen LogP contribution is -2.04. The lowest BCUT2D eigenvalue weighted by atomic mass is 10.1. The van der Waals surface area contributed by atoms with E-state index in [2.05, 4.69) is 4.98 Å². The molecule has 0 aliphatic rings. The molecule has 0 aliphatic heterocycles. The Kier molecular flexibility index (Phi) is 3.05. The van der Waals surface area contributed by atoms with Gasteiger partial charge in [-0.15, -0.1) is 0 Å². The molecule has 0 saturated carbocycles. The Hall–Kier alpha value is -2.03. The van der Waals surface area contributed by atoms with E-state index in [0.29, 0.717) is 23.5 Å². The molecule has 2 aromatic rings. The van der Waals surface area contributed by atoms with Crippen LogP contribution in [0, 0.1) is 0 Å². The highest BCUT2D eigenvalue weighted by Gasteiger charge is 2.13. The van der Waals surface area contributed by atoms with Gasteiger partial charge in [0.05, 0.1) is 12.2 Å². The number of H-pyrrole nitrogens is 1. The van der Waals surface area contributed by atoms with E-state index in [9.17, 15) is 4.79 Å². The molecule has 0 amide bonds. The zero-order chi connectivity index (χ0) is 11.4. The average Bonchev–Trinajstić information content (AvgIpc) is 2.83. The third kappa shape index (κ3) is 1.98. The quantitative estimate of drug-likeness (QED) is 0.796. The van der Waals surface area contributed by atoms with Crippen molar-refractivity contribution in [3.63, 3.8) is 0 Å². The van der Waals surface area contributed by atoms with Crippen molar-refractivity contribution in [2.75, 3.05) is 6.61 Å². The molecule has 0 unspecified atom stereocenters. The van der Waals surface area contributed by atoms with Gasteiger partial charge in [0.25, 0.3) is 0 Å². The summed E-state index contributed by atoms with van der Waals surface area (Å²) < 4.78 is 5.43. The zero-order valence-corrected chi connectivity index (χ0v) is 9.07. The number of aromatic nitrogens is 1. The lowest BCUT2D eigenvalue weighted by molar-refractivity contribution is 0.103. The number of carbonyl (C=O) groups excluding carboxylic acids is 1. The molecule has 0 atom stereocenters. The number of hydrogen-bond acceptors (Lipinski definition) is 2. The van der Waals surface area contributed by atoms with E-state index in [4.69, 9.17) is 4.74 Å². The van der Waals surface area contributed by atoms with Gasteiger partial charge in [-0.1, -0.05) is 12.1 Å². The van der Waals surface area contributed by atoms with Crippen molar-refractivity contribution < 1.29 is 9.53 Å². The van der Waals surface area contributed by atoms with E-state index < -0.39 is 0 Å². The van der Waals surface area contributed by atoms with E-state index in [-0.39, 0.29) is 5.78 Å². The Labute approximate surface area is 94.1 Å². The number of hydrogen-bond donors (Lipinski definition) is 1. The van der Waals surface area contributed by atoms with Gasteiger partial charge in [-0.2, -0.15) is 0 Å². The third-order valence-corrected chi connectivity index (χ3v) is 2.29. The highest BCUT2D eigenvalue weighted by molar-refractivity contribution is 6.10. The van der Waals surface area contributed by atoms with Gasteiger partial charge in [0.15, 0.2) is 5.78 Å². The lowest BCUT2D eigenvalue weighted by Gasteiger charge is -2.07. The van der Waals surface area contributed by atoms with Gasteiger partial charge in [-0.3, -0.25) is 4.79 Å². The number of aromatic amines is 1. The maximum absolute atomic E-state index is 12.1. The fraction of sp³-hybridized carbons (Fsp3) is 0.154. The van der Waals surface area contributed by atoms with Gasteiger partial charge in [-0.05, 0) is 25.1 Å². The number of benzene rings is 1. The number of carbonyl (C=O) groups is 1. The van der Waals surface area contributed by atoms with E-state index in [1.807, 2.05) is 25.1 Å². The minimum absolute atomic E-state index is 0.0229. The molecule has 3 nitrogen and oxygen atoms in total.